The molecule has 0 radical (unpaired) electrons. The zero-order valence-electron chi connectivity index (χ0n) is 27.0. The summed E-state index contributed by atoms with van der Waals surface area (Å²) in [5.74, 6) is 2.98. The molecule has 0 aliphatic rings. The van der Waals surface area contributed by atoms with E-state index in [0.29, 0.717) is 0 Å². The van der Waals surface area contributed by atoms with Crippen molar-refractivity contribution in [3.63, 3.8) is 0 Å². The van der Waals surface area contributed by atoms with Gasteiger partial charge in [-0.3, -0.25) is 0 Å². The van der Waals surface area contributed by atoms with Crippen molar-refractivity contribution in [2.75, 3.05) is 0 Å². The molecule has 42 heavy (non-hydrogen) atoms. The fourth-order valence-corrected chi connectivity index (χ4v) is 5.66. The van der Waals surface area contributed by atoms with E-state index in [4.69, 9.17) is 0 Å². The van der Waals surface area contributed by atoms with Gasteiger partial charge in [-0.05, 0) is 91.2 Å². The number of nitrogens with zero attached hydrogens (tertiary/aromatic N) is 2. The summed E-state index contributed by atoms with van der Waals surface area (Å²) in [6.45, 7) is 8.96. The molecular formula is C39H56N2Ni. The maximum atomic E-state index is 9.53. The molecule has 0 heterocycles. The van der Waals surface area contributed by atoms with Gasteiger partial charge in [0, 0.05) is 16.5 Å². The van der Waals surface area contributed by atoms with Crippen LogP contribution >= 0.6 is 0 Å². The third-order valence-corrected chi connectivity index (χ3v) is 8.03. The Morgan fingerprint density at radius 2 is 1.43 bits per heavy atom. The van der Waals surface area contributed by atoms with Crippen LogP contribution in [0.25, 0.3) is 11.1 Å². The number of hydrogen-bond donors (Lipinski definition) is 0. The van der Waals surface area contributed by atoms with Gasteiger partial charge < -0.3 is 5.53 Å². The molecule has 232 valence electrons. The van der Waals surface area contributed by atoms with E-state index in [1.54, 1.807) is 0 Å². The van der Waals surface area contributed by atoms with Crippen LogP contribution in [0.3, 0.4) is 0 Å². The minimum Gasteiger partial charge on any atom is -0.348 e. The Morgan fingerprint density at radius 1 is 0.738 bits per heavy atom. The standard InChI is InChI=1S/C39H56N2.Ni/c1-5-9-12-13-14-15-16-17-18-19-20-27-34-28-21-22-30-38(34)39(35-29-23-25-33(31-35)24-10-6-2)37(8-4)36(32-41-40)26-11-7-3;/h18-19,21-23,25,28-31H,5-17,20,24,26-27H2,1-4H3;. The number of benzene rings is 2. The summed E-state index contributed by atoms with van der Waals surface area (Å²) in [5, 5.41) is 0. The smallest absolute Gasteiger partial charge is 0.303 e. The first kappa shape index (κ1) is 37.6. The molecule has 2 aromatic carbocycles. The zero-order valence-corrected chi connectivity index (χ0v) is 28.0. The number of allylic oxidation sites excluding steroid dienone is 4. The van der Waals surface area contributed by atoms with Crippen molar-refractivity contribution in [2.24, 2.45) is 0 Å². The van der Waals surface area contributed by atoms with E-state index < -0.39 is 0 Å². The van der Waals surface area contributed by atoms with Gasteiger partial charge >= 0.3 is 5.87 Å². The van der Waals surface area contributed by atoms with Gasteiger partial charge in [-0.15, -0.1) is 4.79 Å². The normalized spacial score (nSPS) is 11.5. The van der Waals surface area contributed by atoms with Crippen LogP contribution in [-0.4, -0.2) is 10.7 Å². The molecule has 0 unspecified atom stereocenters. The Morgan fingerprint density at radius 3 is 2.14 bits per heavy atom. The van der Waals surface area contributed by atoms with Crippen molar-refractivity contribution in [1.29, 1.82) is 0 Å². The Balaban J connectivity index is 0.00000882. The van der Waals surface area contributed by atoms with Gasteiger partial charge in [-0.1, -0.05) is 140 Å². The van der Waals surface area contributed by atoms with E-state index >= 15 is 0 Å². The number of unbranched alkanes of at least 4 members (excludes halogenated alkanes) is 9. The summed E-state index contributed by atoms with van der Waals surface area (Å²) < 4.78 is 0. The van der Waals surface area contributed by atoms with Crippen LogP contribution in [0, 0.1) is 0 Å². The van der Waals surface area contributed by atoms with Gasteiger partial charge in [-0.2, -0.15) is 0 Å². The molecular weight excluding hydrogens is 555 g/mol. The summed E-state index contributed by atoms with van der Waals surface area (Å²) in [6.07, 6.45) is 24.9. The van der Waals surface area contributed by atoms with Crippen molar-refractivity contribution >= 4 is 11.4 Å². The maximum absolute atomic E-state index is 9.53. The molecule has 0 saturated carbocycles. The first-order chi connectivity index (χ1) is 20.2. The second-order valence-corrected chi connectivity index (χ2v) is 11.4. The summed E-state index contributed by atoms with van der Waals surface area (Å²) in [6, 6.07) is 18.0. The molecule has 0 aliphatic heterocycles. The van der Waals surface area contributed by atoms with Crippen LogP contribution in [0.5, 0.6) is 0 Å². The third-order valence-electron chi connectivity index (χ3n) is 8.03. The Kier molecular flexibility index (Phi) is 21.5. The molecule has 0 fully saturated rings. The predicted octanol–water partition coefficient (Wildman–Crippen LogP) is 11.9. The Bertz CT molecular complexity index is 1160. The van der Waals surface area contributed by atoms with E-state index in [9.17, 15) is 5.53 Å². The first-order valence-electron chi connectivity index (χ1n) is 16.7. The van der Waals surface area contributed by atoms with Crippen molar-refractivity contribution in [2.45, 2.75) is 137 Å². The van der Waals surface area contributed by atoms with Crippen LogP contribution in [-0.2, 0) is 29.3 Å². The van der Waals surface area contributed by atoms with Crippen LogP contribution in [0.15, 0.2) is 71.8 Å². The van der Waals surface area contributed by atoms with Gasteiger partial charge in [0.2, 0.25) is 0 Å². The summed E-state index contributed by atoms with van der Waals surface area (Å²) in [5.41, 5.74) is 18.4. The molecule has 0 amide bonds. The second-order valence-electron chi connectivity index (χ2n) is 11.4. The van der Waals surface area contributed by atoms with Gasteiger partial charge in [-0.25, -0.2) is 0 Å². The van der Waals surface area contributed by atoms with E-state index in [1.807, 2.05) is 0 Å². The quantitative estimate of drug-likeness (QED) is 0.0256. The van der Waals surface area contributed by atoms with Gasteiger partial charge in [0.05, 0.1) is 5.57 Å². The molecule has 0 aliphatic carbocycles. The Hall–Kier alpha value is -2.43. The summed E-state index contributed by atoms with van der Waals surface area (Å²) in [7, 11) is 0. The van der Waals surface area contributed by atoms with E-state index in [0.717, 1.165) is 50.5 Å². The number of hydrogen-bond acceptors (Lipinski definition) is 0. The van der Waals surface area contributed by atoms with E-state index in [1.165, 1.54) is 97.6 Å². The minimum absolute atomic E-state index is 0. The largest absolute Gasteiger partial charge is 0.348 e. The predicted molar refractivity (Wildman–Crippen MR) is 180 cm³/mol. The monoisotopic (exact) mass is 610 g/mol. The molecule has 2 aromatic rings. The average Bonchev–Trinajstić information content (AvgIpc) is 3.00. The zero-order chi connectivity index (χ0) is 29.5. The molecule has 0 bridgehead atoms. The maximum Gasteiger partial charge on any atom is 0.303 e. The Labute approximate surface area is 268 Å². The average molecular weight is 612 g/mol. The first-order valence-corrected chi connectivity index (χ1v) is 16.7. The van der Waals surface area contributed by atoms with Crippen molar-refractivity contribution < 1.29 is 21.3 Å². The van der Waals surface area contributed by atoms with E-state index in [-0.39, 0.29) is 16.5 Å². The molecule has 2 nitrogen and oxygen atoms in total. The minimum atomic E-state index is 0. The van der Waals surface area contributed by atoms with Crippen LogP contribution < -0.4 is 0 Å². The molecule has 3 heteroatoms. The molecule has 0 saturated heterocycles. The second kappa shape index (κ2) is 24.1. The third kappa shape index (κ3) is 13.7. The summed E-state index contributed by atoms with van der Waals surface area (Å²) in [4.78, 5) is 3.39. The van der Waals surface area contributed by atoms with Gasteiger partial charge in [0.1, 0.15) is 0 Å². The van der Waals surface area contributed by atoms with Crippen molar-refractivity contribution in [1.82, 2.24) is 0 Å². The fourth-order valence-electron chi connectivity index (χ4n) is 5.66. The fraction of sp³-hybridized carbons (Fsp3) is 0.538. The van der Waals surface area contributed by atoms with Gasteiger partial charge in [0.15, 0.2) is 0 Å². The number of rotatable bonds is 21. The number of aryl methyl sites for hydroxylation is 2. The van der Waals surface area contributed by atoms with Crippen LogP contribution in [0.1, 0.15) is 146 Å². The molecule has 0 atom stereocenters. The van der Waals surface area contributed by atoms with Crippen LogP contribution in [0.2, 0.25) is 0 Å². The topological polar surface area (TPSA) is 36.4 Å². The van der Waals surface area contributed by atoms with E-state index in [2.05, 4.69) is 99.0 Å². The summed E-state index contributed by atoms with van der Waals surface area (Å²) >= 11 is 0. The van der Waals surface area contributed by atoms with Crippen molar-refractivity contribution in [3.05, 3.63) is 99.6 Å². The van der Waals surface area contributed by atoms with Crippen LogP contribution in [0.4, 0.5) is 0 Å². The molecule has 0 aromatic heterocycles. The SMILES string of the molecule is CCCCCCCCCC=CCCc1ccccc1C(=C(CC)C(=C=[N+]=[N-])CCCC)c1cccc(CCCC)c1.[Ni]. The van der Waals surface area contributed by atoms with Crippen molar-refractivity contribution in [3.8, 4) is 0 Å². The van der Waals surface area contributed by atoms with Gasteiger partial charge in [0.25, 0.3) is 0 Å². The molecule has 0 N–H and O–H groups in total. The molecule has 0 spiro atoms. The molecule has 2 rings (SSSR count).